The maximum absolute atomic E-state index is 12.4. The Hall–Kier alpha value is -3.65. The minimum Gasteiger partial charge on any atom is -0.470 e. The molecule has 3 heterocycles. The summed E-state index contributed by atoms with van der Waals surface area (Å²) in [5.74, 6) is 0.578. The number of anilines is 1. The fourth-order valence-corrected chi connectivity index (χ4v) is 2.69. The van der Waals surface area contributed by atoms with E-state index in [1.807, 2.05) is 24.3 Å². The zero-order valence-electron chi connectivity index (χ0n) is 14.5. The maximum atomic E-state index is 12.4. The molecule has 0 saturated heterocycles. The van der Waals surface area contributed by atoms with Crippen LogP contribution in [0.5, 0.6) is 5.75 Å². The van der Waals surface area contributed by atoms with Crippen LogP contribution >= 0.6 is 11.6 Å². The van der Waals surface area contributed by atoms with E-state index in [1.165, 1.54) is 4.68 Å². The van der Waals surface area contributed by atoms with Crippen molar-refractivity contribution in [1.29, 1.82) is 0 Å². The van der Waals surface area contributed by atoms with Crippen LogP contribution in [0.25, 0.3) is 11.3 Å². The monoisotopic (exact) mass is 394 g/mol. The molecule has 3 aromatic heterocycles. The van der Waals surface area contributed by atoms with E-state index in [9.17, 15) is 4.79 Å². The average molecular weight is 395 g/mol. The number of rotatable bonds is 6. The van der Waals surface area contributed by atoms with E-state index in [0.717, 1.165) is 11.3 Å². The van der Waals surface area contributed by atoms with Gasteiger partial charge >= 0.3 is 0 Å². The SMILES string of the molecule is O=C(Nc1cc(-c2ccncc2)[nH]n1)c1ccn(COc2ccccc2Cl)n1. The number of ether oxygens (including phenoxy) is 1. The normalized spacial score (nSPS) is 10.6. The number of pyridine rings is 1. The van der Waals surface area contributed by atoms with Gasteiger partial charge < -0.3 is 10.1 Å². The van der Waals surface area contributed by atoms with Crippen LogP contribution in [0.3, 0.4) is 0 Å². The van der Waals surface area contributed by atoms with Crippen molar-refractivity contribution >= 4 is 23.3 Å². The molecule has 2 N–H and O–H groups in total. The number of amides is 1. The zero-order valence-corrected chi connectivity index (χ0v) is 15.3. The Morgan fingerprint density at radius 1 is 1.18 bits per heavy atom. The molecule has 0 fully saturated rings. The number of carbonyl (C=O) groups excluding carboxylic acids is 1. The Bertz CT molecular complexity index is 1090. The molecule has 9 heteroatoms. The van der Waals surface area contributed by atoms with Gasteiger partial charge in [-0.25, -0.2) is 4.68 Å². The highest BCUT2D eigenvalue weighted by Crippen LogP contribution is 2.23. The molecular weight excluding hydrogens is 380 g/mol. The van der Waals surface area contributed by atoms with Crippen molar-refractivity contribution in [2.75, 3.05) is 5.32 Å². The van der Waals surface area contributed by atoms with Gasteiger partial charge in [0.15, 0.2) is 18.2 Å². The van der Waals surface area contributed by atoms with Gasteiger partial charge in [0.05, 0.1) is 10.7 Å². The van der Waals surface area contributed by atoms with Crippen LogP contribution in [0.1, 0.15) is 10.5 Å². The van der Waals surface area contributed by atoms with Crippen LogP contribution < -0.4 is 10.1 Å². The molecule has 28 heavy (non-hydrogen) atoms. The first-order chi connectivity index (χ1) is 13.7. The topological polar surface area (TPSA) is 97.7 Å². The molecule has 0 spiro atoms. The highest BCUT2D eigenvalue weighted by Gasteiger charge is 2.12. The fourth-order valence-electron chi connectivity index (χ4n) is 2.50. The first kappa shape index (κ1) is 17.7. The number of halogens is 1. The maximum Gasteiger partial charge on any atom is 0.277 e. The van der Waals surface area contributed by atoms with Gasteiger partial charge in [0.2, 0.25) is 0 Å². The predicted octanol–water partition coefficient (Wildman–Crippen LogP) is 3.61. The number of benzene rings is 1. The molecule has 8 nitrogen and oxygen atoms in total. The van der Waals surface area contributed by atoms with Crippen molar-refractivity contribution in [1.82, 2.24) is 25.0 Å². The lowest BCUT2D eigenvalue weighted by Gasteiger charge is -2.07. The smallest absolute Gasteiger partial charge is 0.277 e. The van der Waals surface area contributed by atoms with Crippen molar-refractivity contribution in [3.05, 3.63) is 77.8 Å². The minimum atomic E-state index is -0.371. The lowest BCUT2D eigenvalue weighted by atomic mass is 10.2. The second-order valence-electron chi connectivity index (χ2n) is 5.80. The lowest BCUT2D eigenvalue weighted by molar-refractivity contribution is 0.102. The largest absolute Gasteiger partial charge is 0.470 e. The lowest BCUT2D eigenvalue weighted by Crippen LogP contribution is -2.14. The number of nitrogens with one attached hydrogen (secondary N) is 2. The van der Waals surface area contributed by atoms with Gasteiger partial charge in [-0.15, -0.1) is 0 Å². The van der Waals surface area contributed by atoms with Gasteiger partial charge in [0.25, 0.3) is 5.91 Å². The summed E-state index contributed by atoms with van der Waals surface area (Å²) in [5.41, 5.74) is 1.94. The molecule has 1 amide bonds. The van der Waals surface area contributed by atoms with E-state index in [2.05, 4.69) is 25.6 Å². The van der Waals surface area contributed by atoms with E-state index < -0.39 is 0 Å². The standard InChI is InChI=1S/C19H15ClN6O2/c20-14-3-1-2-4-17(14)28-12-26-10-7-15(25-26)19(27)22-18-11-16(23-24-18)13-5-8-21-9-6-13/h1-11H,12H2,(H2,22,23,24,27). The Morgan fingerprint density at radius 2 is 2.00 bits per heavy atom. The fraction of sp³-hybridized carbons (Fsp3) is 0.0526. The van der Waals surface area contributed by atoms with Gasteiger partial charge in [-0.3, -0.25) is 14.9 Å². The molecule has 140 valence electrons. The minimum absolute atomic E-state index is 0.131. The number of nitrogens with zero attached hydrogens (tertiary/aromatic N) is 4. The van der Waals surface area contributed by atoms with Crippen LogP contribution in [0.15, 0.2) is 67.1 Å². The van der Waals surface area contributed by atoms with E-state index >= 15 is 0 Å². The molecule has 0 aliphatic carbocycles. The Labute approximate surface area is 165 Å². The molecule has 1 aromatic carbocycles. The summed E-state index contributed by atoms with van der Waals surface area (Å²) in [6.07, 6.45) is 5.02. The molecule has 0 unspecified atom stereocenters. The summed E-state index contributed by atoms with van der Waals surface area (Å²) in [5, 5.41) is 14.4. The van der Waals surface area contributed by atoms with E-state index in [4.69, 9.17) is 16.3 Å². The van der Waals surface area contributed by atoms with E-state index in [0.29, 0.717) is 16.6 Å². The zero-order chi connectivity index (χ0) is 19.3. The third-order valence-corrected chi connectivity index (χ3v) is 4.19. The number of aromatic nitrogens is 5. The molecule has 4 aromatic rings. The number of hydrogen-bond acceptors (Lipinski definition) is 5. The number of para-hydroxylation sites is 1. The van der Waals surface area contributed by atoms with Crippen molar-refractivity contribution in [3.8, 4) is 17.0 Å². The van der Waals surface area contributed by atoms with Gasteiger partial charge in [-0.2, -0.15) is 10.2 Å². The Morgan fingerprint density at radius 3 is 2.82 bits per heavy atom. The van der Waals surface area contributed by atoms with Crippen molar-refractivity contribution in [3.63, 3.8) is 0 Å². The van der Waals surface area contributed by atoms with E-state index in [1.54, 1.807) is 42.9 Å². The van der Waals surface area contributed by atoms with Crippen LogP contribution in [-0.4, -0.2) is 30.9 Å². The molecule has 0 bridgehead atoms. The van der Waals surface area contributed by atoms with Gasteiger partial charge in [-0.05, 0) is 30.3 Å². The van der Waals surface area contributed by atoms with Crippen molar-refractivity contribution in [2.45, 2.75) is 6.73 Å². The molecule has 0 aliphatic heterocycles. The molecule has 0 radical (unpaired) electrons. The quantitative estimate of drug-likeness (QED) is 0.520. The summed E-state index contributed by atoms with van der Waals surface area (Å²) in [6, 6.07) is 14.2. The first-order valence-corrected chi connectivity index (χ1v) is 8.75. The summed E-state index contributed by atoms with van der Waals surface area (Å²) < 4.78 is 7.11. The molecule has 0 aliphatic rings. The van der Waals surface area contributed by atoms with Gasteiger partial charge in [0.1, 0.15) is 5.75 Å². The third kappa shape index (κ3) is 4.02. The number of carbonyl (C=O) groups is 1. The van der Waals surface area contributed by atoms with Crippen molar-refractivity contribution < 1.29 is 9.53 Å². The second-order valence-corrected chi connectivity index (χ2v) is 6.21. The average Bonchev–Trinajstić information content (AvgIpc) is 3.38. The summed E-state index contributed by atoms with van der Waals surface area (Å²) in [4.78, 5) is 16.4. The molecule has 4 rings (SSSR count). The number of hydrogen-bond donors (Lipinski definition) is 2. The number of H-pyrrole nitrogens is 1. The molecule has 0 saturated carbocycles. The van der Waals surface area contributed by atoms with Crippen molar-refractivity contribution in [2.24, 2.45) is 0 Å². The van der Waals surface area contributed by atoms with Crippen LogP contribution in [0.4, 0.5) is 5.82 Å². The predicted molar refractivity (Wildman–Crippen MR) is 104 cm³/mol. The van der Waals surface area contributed by atoms with Gasteiger partial charge in [0, 0.05) is 30.2 Å². The molecular formula is C19H15ClN6O2. The van der Waals surface area contributed by atoms with Crippen LogP contribution in [0.2, 0.25) is 5.02 Å². The molecule has 0 atom stereocenters. The van der Waals surface area contributed by atoms with Crippen LogP contribution in [0, 0.1) is 0 Å². The third-order valence-electron chi connectivity index (χ3n) is 3.87. The Kier molecular flexibility index (Phi) is 5.03. The second kappa shape index (κ2) is 7.93. The van der Waals surface area contributed by atoms with Gasteiger partial charge in [-0.1, -0.05) is 23.7 Å². The summed E-state index contributed by atoms with van der Waals surface area (Å²) in [7, 11) is 0. The highest BCUT2D eigenvalue weighted by atomic mass is 35.5. The Balaban J connectivity index is 1.38. The first-order valence-electron chi connectivity index (χ1n) is 8.37. The highest BCUT2D eigenvalue weighted by molar-refractivity contribution is 6.32. The number of aromatic amines is 1. The summed E-state index contributed by atoms with van der Waals surface area (Å²) >= 11 is 6.05. The van der Waals surface area contributed by atoms with E-state index in [-0.39, 0.29) is 18.3 Å². The summed E-state index contributed by atoms with van der Waals surface area (Å²) in [6.45, 7) is 0.131. The van der Waals surface area contributed by atoms with Crippen LogP contribution in [-0.2, 0) is 6.73 Å².